The van der Waals surface area contributed by atoms with Crippen LogP contribution in [0.1, 0.15) is 12.0 Å². The standard InChI is InChI=1S/C11H14ClNO/c1-13-6-5-8-7-9-10(12)3-2-4-11(9)14-8/h2-4,8,13H,5-7H2,1H3. The lowest BCUT2D eigenvalue weighted by molar-refractivity contribution is 0.221. The monoisotopic (exact) mass is 211 g/mol. The number of halogens is 1. The Labute approximate surface area is 89.2 Å². The van der Waals surface area contributed by atoms with Crippen LogP contribution < -0.4 is 10.1 Å². The first-order valence-electron chi connectivity index (χ1n) is 4.90. The van der Waals surface area contributed by atoms with E-state index in [1.54, 1.807) is 0 Å². The molecule has 0 spiro atoms. The minimum Gasteiger partial charge on any atom is -0.490 e. The molecule has 1 unspecified atom stereocenters. The fourth-order valence-electron chi connectivity index (χ4n) is 1.76. The normalized spacial score (nSPS) is 19.1. The van der Waals surface area contributed by atoms with Gasteiger partial charge in [0.15, 0.2) is 0 Å². The van der Waals surface area contributed by atoms with Crippen LogP contribution in [-0.4, -0.2) is 19.7 Å². The number of benzene rings is 1. The molecule has 0 bridgehead atoms. The van der Waals surface area contributed by atoms with Crippen LogP contribution in [0.5, 0.6) is 5.75 Å². The van der Waals surface area contributed by atoms with Gasteiger partial charge in [-0.15, -0.1) is 0 Å². The van der Waals surface area contributed by atoms with Gasteiger partial charge in [0.2, 0.25) is 0 Å². The maximum Gasteiger partial charge on any atom is 0.124 e. The second-order valence-corrected chi connectivity index (χ2v) is 3.96. The molecule has 0 aliphatic carbocycles. The van der Waals surface area contributed by atoms with Crippen molar-refractivity contribution in [3.05, 3.63) is 28.8 Å². The Morgan fingerprint density at radius 3 is 3.14 bits per heavy atom. The Morgan fingerprint density at radius 2 is 2.43 bits per heavy atom. The molecule has 0 amide bonds. The van der Waals surface area contributed by atoms with Gasteiger partial charge in [-0.05, 0) is 32.1 Å². The third kappa shape index (κ3) is 1.86. The lowest BCUT2D eigenvalue weighted by atomic mass is 10.1. The van der Waals surface area contributed by atoms with E-state index < -0.39 is 0 Å². The minimum atomic E-state index is 0.289. The number of ether oxygens (including phenoxy) is 1. The van der Waals surface area contributed by atoms with Crippen molar-refractivity contribution < 1.29 is 4.74 Å². The van der Waals surface area contributed by atoms with Gasteiger partial charge in [-0.3, -0.25) is 0 Å². The molecular weight excluding hydrogens is 198 g/mol. The first-order chi connectivity index (χ1) is 6.81. The van der Waals surface area contributed by atoms with E-state index in [1.165, 1.54) is 0 Å². The van der Waals surface area contributed by atoms with Crippen molar-refractivity contribution in [1.29, 1.82) is 0 Å². The third-order valence-corrected chi connectivity index (χ3v) is 2.87. The molecule has 1 heterocycles. The minimum absolute atomic E-state index is 0.289. The van der Waals surface area contributed by atoms with Crippen LogP contribution in [0.3, 0.4) is 0 Å². The molecule has 2 rings (SSSR count). The molecule has 76 valence electrons. The molecular formula is C11H14ClNO. The molecule has 1 aliphatic rings. The Bertz CT molecular complexity index is 327. The lowest BCUT2D eigenvalue weighted by Crippen LogP contribution is -2.20. The fraction of sp³-hybridized carbons (Fsp3) is 0.455. The Morgan fingerprint density at radius 1 is 1.57 bits per heavy atom. The highest BCUT2D eigenvalue weighted by Gasteiger charge is 2.23. The van der Waals surface area contributed by atoms with E-state index in [1.807, 2.05) is 25.2 Å². The summed E-state index contributed by atoms with van der Waals surface area (Å²) in [6.45, 7) is 0.982. The van der Waals surface area contributed by atoms with Gasteiger partial charge in [-0.2, -0.15) is 0 Å². The van der Waals surface area contributed by atoms with Crippen molar-refractivity contribution in [3.63, 3.8) is 0 Å². The van der Waals surface area contributed by atoms with Crippen molar-refractivity contribution in [3.8, 4) is 5.75 Å². The Hall–Kier alpha value is -0.730. The van der Waals surface area contributed by atoms with E-state index in [9.17, 15) is 0 Å². The van der Waals surface area contributed by atoms with Crippen LogP contribution in [-0.2, 0) is 6.42 Å². The van der Waals surface area contributed by atoms with Gasteiger partial charge in [0.1, 0.15) is 11.9 Å². The second kappa shape index (κ2) is 4.20. The Kier molecular flexibility index (Phi) is 2.94. The molecule has 0 aromatic heterocycles. The van der Waals surface area contributed by atoms with Gasteiger partial charge in [0.05, 0.1) is 0 Å². The lowest BCUT2D eigenvalue weighted by Gasteiger charge is -2.09. The van der Waals surface area contributed by atoms with Gasteiger partial charge >= 0.3 is 0 Å². The first-order valence-corrected chi connectivity index (χ1v) is 5.27. The summed E-state index contributed by atoms with van der Waals surface area (Å²) in [4.78, 5) is 0. The van der Waals surface area contributed by atoms with Crippen molar-refractivity contribution in [1.82, 2.24) is 5.32 Å². The summed E-state index contributed by atoms with van der Waals surface area (Å²) in [6.07, 6.45) is 2.26. The number of fused-ring (bicyclic) bond motifs is 1. The summed E-state index contributed by atoms with van der Waals surface area (Å²) in [5, 5.41) is 3.95. The largest absolute Gasteiger partial charge is 0.490 e. The topological polar surface area (TPSA) is 21.3 Å². The maximum absolute atomic E-state index is 6.07. The first kappa shape index (κ1) is 9.81. The molecule has 0 saturated heterocycles. The van der Waals surface area contributed by atoms with Crippen molar-refractivity contribution in [2.24, 2.45) is 0 Å². The number of hydrogen-bond acceptors (Lipinski definition) is 2. The maximum atomic E-state index is 6.07. The predicted molar refractivity (Wildman–Crippen MR) is 58.1 cm³/mol. The van der Waals surface area contributed by atoms with E-state index >= 15 is 0 Å². The molecule has 0 saturated carbocycles. The van der Waals surface area contributed by atoms with E-state index in [4.69, 9.17) is 16.3 Å². The van der Waals surface area contributed by atoms with Gasteiger partial charge < -0.3 is 10.1 Å². The predicted octanol–water partition coefficient (Wildman–Crippen LogP) is 2.25. The average Bonchev–Trinajstić information content (AvgIpc) is 2.59. The van der Waals surface area contributed by atoms with Gasteiger partial charge in [0, 0.05) is 17.0 Å². The van der Waals surface area contributed by atoms with Gasteiger partial charge in [-0.1, -0.05) is 17.7 Å². The summed E-state index contributed by atoms with van der Waals surface area (Å²) >= 11 is 6.07. The zero-order valence-electron chi connectivity index (χ0n) is 8.22. The summed E-state index contributed by atoms with van der Waals surface area (Å²) in [7, 11) is 1.95. The molecule has 14 heavy (non-hydrogen) atoms. The fourth-order valence-corrected chi connectivity index (χ4v) is 2.01. The van der Waals surface area contributed by atoms with Gasteiger partial charge in [0.25, 0.3) is 0 Å². The molecule has 1 aromatic rings. The number of hydrogen-bond donors (Lipinski definition) is 1. The van der Waals surface area contributed by atoms with Crippen molar-refractivity contribution in [2.75, 3.05) is 13.6 Å². The summed E-state index contributed by atoms with van der Waals surface area (Å²) in [5.74, 6) is 0.957. The van der Waals surface area contributed by atoms with Crippen LogP contribution in [0, 0.1) is 0 Å². The van der Waals surface area contributed by atoms with Crippen LogP contribution in [0.2, 0.25) is 5.02 Å². The van der Waals surface area contributed by atoms with E-state index in [2.05, 4.69) is 5.32 Å². The second-order valence-electron chi connectivity index (χ2n) is 3.55. The molecule has 1 N–H and O–H groups in total. The van der Waals surface area contributed by atoms with Crippen LogP contribution in [0.25, 0.3) is 0 Å². The van der Waals surface area contributed by atoms with Gasteiger partial charge in [-0.25, -0.2) is 0 Å². The average molecular weight is 212 g/mol. The van der Waals surface area contributed by atoms with Crippen LogP contribution in [0.15, 0.2) is 18.2 Å². The zero-order chi connectivity index (χ0) is 9.97. The highest BCUT2D eigenvalue weighted by atomic mass is 35.5. The molecule has 1 aliphatic heterocycles. The summed E-state index contributed by atoms with van der Waals surface area (Å²) in [5.41, 5.74) is 1.16. The van der Waals surface area contributed by atoms with Crippen molar-refractivity contribution in [2.45, 2.75) is 18.9 Å². The van der Waals surface area contributed by atoms with E-state index in [-0.39, 0.29) is 6.10 Å². The van der Waals surface area contributed by atoms with Crippen LogP contribution >= 0.6 is 11.6 Å². The third-order valence-electron chi connectivity index (χ3n) is 2.52. The summed E-state index contributed by atoms with van der Waals surface area (Å²) in [6, 6.07) is 5.84. The quantitative estimate of drug-likeness (QED) is 0.828. The molecule has 2 nitrogen and oxygen atoms in total. The highest BCUT2D eigenvalue weighted by Crippen LogP contribution is 2.34. The molecule has 0 fully saturated rings. The SMILES string of the molecule is CNCCC1Cc2c(Cl)cccc2O1. The number of nitrogens with one attached hydrogen (secondary N) is 1. The smallest absolute Gasteiger partial charge is 0.124 e. The van der Waals surface area contributed by atoms with Crippen molar-refractivity contribution >= 4 is 11.6 Å². The molecule has 1 atom stereocenters. The summed E-state index contributed by atoms with van der Waals surface area (Å²) < 4.78 is 5.77. The highest BCUT2D eigenvalue weighted by molar-refractivity contribution is 6.31. The van der Waals surface area contributed by atoms with Crippen LogP contribution in [0.4, 0.5) is 0 Å². The zero-order valence-corrected chi connectivity index (χ0v) is 8.97. The van der Waals surface area contributed by atoms with E-state index in [0.29, 0.717) is 0 Å². The van der Waals surface area contributed by atoms with E-state index in [0.717, 1.165) is 35.7 Å². The Balaban J connectivity index is 2.06. The molecule has 1 aromatic carbocycles. The number of rotatable bonds is 3. The molecule has 0 radical (unpaired) electrons. The molecule has 3 heteroatoms.